The molecule has 1 aromatic carbocycles. The molecule has 0 saturated carbocycles. The number of fused-ring (bicyclic) bond motifs is 1. The van der Waals surface area contributed by atoms with Gasteiger partial charge in [-0.15, -0.1) is 11.3 Å². The molecule has 1 amide bonds. The largest absolute Gasteiger partial charge is 0.397 e. The van der Waals surface area contributed by atoms with Crippen LogP contribution in [0.2, 0.25) is 0 Å². The quantitative estimate of drug-likeness (QED) is 0.823. The van der Waals surface area contributed by atoms with Crippen LogP contribution < -0.4 is 11.1 Å². The number of rotatable bonds is 2. The number of thiophene rings is 1. The molecule has 0 saturated heterocycles. The molecule has 1 heterocycles. The standard InChI is InChI=1S/C15H16N2OS/c16-12-6-2-3-7-13(12)17-15(18)11-9-19-14-8-4-1-5-10(11)14/h2-3,6-7,9H,1,4-5,8,16H2,(H,17,18). The van der Waals surface area contributed by atoms with Gasteiger partial charge in [-0.05, 0) is 43.4 Å². The van der Waals surface area contributed by atoms with Crippen LogP contribution in [-0.4, -0.2) is 5.91 Å². The van der Waals surface area contributed by atoms with E-state index < -0.39 is 0 Å². The molecule has 0 fully saturated rings. The van der Waals surface area contributed by atoms with Crippen molar-refractivity contribution in [3.8, 4) is 0 Å². The summed E-state index contributed by atoms with van der Waals surface area (Å²) in [7, 11) is 0. The van der Waals surface area contributed by atoms with Crippen LogP contribution in [0.15, 0.2) is 29.6 Å². The Hall–Kier alpha value is -1.81. The highest BCUT2D eigenvalue weighted by molar-refractivity contribution is 7.10. The molecule has 1 aliphatic carbocycles. The molecule has 19 heavy (non-hydrogen) atoms. The van der Waals surface area contributed by atoms with Gasteiger partial charge in [-0.3, -0.25) is 4.79 Å². The van der Waals surface area contributed by atoms with Gasteiger partial charge in [0.25, 0.3) is 5.91 Å². The van der Waals surface area contributed by atoms with Crippen molar-refractivity contribution in [1.29, 1.82) is 0 Å². The average Bonchev–Trinajstić information content (AvgIpc) is 2.85. The lowest BCUT2D eigenvalue weighted by Crippen LogP contribution is -2.15. The van der Waals surface area contributed by atoms with Gasteiger partial charge in [0.2, 0.25) is 0 Å². The van der Waals surface area contributed by atoms with Gasteiger partial charge in [0.05, 0.1) is 16.9 Å². The Bertz CT molecular complexity index is 618. The maximum Gasteiger partial charge on any atom is 0.256 e. The summed E-state index contributed by atoms with van der Waals surface area (Å²) >= 11 is 1.70. The molecule has 0 unspecified atom stereocenters. The number of benzene rings is 1. The molecule has 1 aliphatic rings. The Morgan fingerprint density at radius 3 is 2.84 bits per heavy atom. The maximum atomic E-state index is 12.3. The van der Waals surface area contributed by atoms with E-state index in [1.54, 1.807) is 17.4 Å². The smallest absolute Gasteiger partial charge is 0.256 e. The first-order valence-electron chi connectivity index (χ1n) is 6.51. The van der Waals surface area contributed by atoms with Crippen LogP contribution >= 0.6 is 11.3 Å². The van der Waals surface area contributed by atoms with Crippen molar-refractivity contribution in [3.63, 3.8) is 0 Å². The van der Waals surface area contributed by atoms with E-state index in [9.17, 15) is 4.79 Å². The molecule has 0 aliphatic heterocycles. The van der Waals surface area contributed by atoms with E-state index in [2.05, 4.69) is 5.32 Å². The number of nitrogen functional groups attached to an aromatic ring is 1. The van der Waals surface area contributed by atoms with Crippen LogP contribution in [-0.2, 0) is 12.8 Å². The summed E-state index contributed by atoms with van der Waals surface area (Å²) in [5.74, 6) is -0.0442. The van der Waals surface area contributed by atoms with E-state index >= 15 is 0 Å². The molecule has 0 atom stereocenters. The number of carbonyl (C=O) groups excluding carboxylic acids is 1. The lowest BCUT2D eigenvalue weighted by Gasteiger charge is -2.13. The number of hydrogen-bond acceptors (Lipinski definition) is 3. The third kappa shape index (κ3) is 2.36. The number of aryl methyl sites for hydroxylation is 1. The molecular weight excluding hydrogens is 256 g/mol. The minimum atomic E-state index is -0.0442. The van der Waals surface area contributed by atoms with E-state index in [1.807, 2.05) is 23.6 Å². The maximum absolute atomic E-state index is 12.3. The van der Waals surface area contributed by atoms with Crippen molar-refractivity contribution in [2.75, 3.05) is 11.1 Å². The van der Waals surface area contributed by atoms with E-state index in [4.69, 9.17) is 5.73 Å². The normalized spacial score (nSPS) is 13.9. The molecular formula is C15H16N2OS. The fourth-order valence-electron chi connectivity index (χ4n) is 2.48. The monoisotopic (exact) mass is 272 g/mol. The second-order valence-corrected chi connectivity index (χ2v) is 5.76. The van der Waals surface area contributed by atoms with Crippen molar-refractivity contribution in [3.05, 3.63) is 45.6 Å². The number of nitrogens with one attached hydrogen (secondary N) is 1. The molecule has 3 rings (SSSR count). The van der Waals surface area contributed by atoms with Crippen LogP contribution in [0.3, 0.4) is 0 Å². The summed E-state index contributed by atoms with van der Waals surface area (Å²) in [5.41, 5.74) is 9.19. The van der Waals surface area contributed by atoms with Crippen molar-refractivity contribution in [1.82, 2.24) is 0 Å². The third-order valence-corrected chi connectivity index (χ3v) is 4.60. The number of carbonyl (C=O) groups is 1. The summed E-state index contributed by atoms with van der Waals surface area (Å²) in [4.78, 5) is 13.7. The zero-order valence-corrected chi connectivity index (χ0v) is 11.4. The fourth-order valence-corrected chi connectivity index (χ4v) is 3.61. The summed E-state index contributed by atoms with van der Waals surface area (Å²) in [6, 6.07) is 7.34. The summed E-state index contributed by atoms with van der Waals surface area (Å²) < 4.78 is 0. The summed E-state index contributed by atoms with van der Waals surface area (Å²) in [6.07, 6.45) is 4.55. The topological polar surface area (TPSA) is 55.1 Å². The molecule has 3 nitrogen and oxygen atoms in total. The average molecular weight is 272 g/mol. The Labute approximate surface area is 116 Å². The van der Waals surface area contributed by atoms with Gasteiger partial charge in [0.15, 0.2) is 0 Å². The van der Waals surface area contributed by atoms with E-state index in [1.165, 1.54) is 23.3 Å². The zero-order valence-electron chi connectivity index (χ0n) is 10.6. The number of nitrogens with two attached hydrogens (primary N) is 1. The molecule has 2 aromatic rings. The van der Waals surface area contributed by atoms with Gasteiger partial charge < -0.3 is 11.1 Å². The zero-order chi connectivity index (χ0) is 13.2. The van der Waals surface area contributed by atoms with Gasteiger partial charge >= 0.3 is 0 Å². The molecule has 0 spiro atoms. The van der Waals surface area contributed by atoms with Crippen molar-refractivity contribution in [2.24, 2.45) is 0 Å². The van der Waals surface area contributed by atoms with Gasteiger partial charge in [-0.2, -0.15) is 0 Å². The minimum absolute atomic E-state index is 0.0442. The molecule has 0 radical (unpaired) electrons. The third-order valence-electron chi connectivity index (χ3n) is 3.51. The lowest BCUT2D eigenvalue weighted by atomic mass is 9.95. The van der Waals surface area contributed by atoms with E-state index in [0.29, 0.717) is 11.4 Å². The van der Waals surface area contributed by atoms with Crippen LogP contribution in [0.25, 0.3) is 0 Å². The highest BCUT2D eigenvalue weighted by Gasteiger charge is 2.20. The van der Waals surface area contributed by atoms with E-state index in [0.717, 1.165) is 18.4 Å². The number of anilines is 2. The van der Waals surface area contributed by atoms with Crippen molar-refractivity contribution in [2.45, 2.75) is 25.7 Å². The highest BCUT2D eigenvalue weighted by Crippen LogP contribution is 2.31. The molecule has 1 aromatic heterocycles. The first kappa shape index (κ1) is 12.2. The molecule has 4 heteroatoms. The van der Waals surface area contributed by atoms with E-state index in [-0.39, 0.29) is 5.91 Å². The Morgan fingerprint density at radius 2 is 2.00 bits per heavy atom. The summed E-state index contributed by atoms with van der Waals surface area (Å²) in [5, 5.41) is 4.88. The number of para-hydroxylation sites is 2. The van der Waals surface area contributed by atoms with Crippen LogP contribution in [0, 0.1) is 0 Å². The van der Waals surface area contributed by atoms with Crippen LogP contribution in [0.4, 0.5) is 11.4 Å². The summed E-state index contributed by atoms with van der Waals surface area (Å²) in [6.45, 7) is 0. The SMILES string of the molecule is Nc1ccccc1NC(=O)c1csc2c1CCCC2. The molecule has 3 N–H and O–H groups in total. The predicted molar refractivity (Wildman–Crippen MR) is 79.8 cm³/mol. The first-order valence-corrected chi connectivity index (χ1v) is 7.39. The number of hydrogen-bond donors (Lipinski definition) is 2. The van der Waals surface area contributed by atoms with Crippen molar-refractivity contribution >= 4 is 28.6 Å². The van der Waals surface area contributed by atoms with Gasteiger partial charge in [0, 0.05) is 10.3 Å². The first-order chi connectivity index (χ1) is 9.25. The number of amides is 1. The molecule has 98 valence electrons. The highest BCUT2D eigenvalue weighted by atomic mass is 32.1. The molecule has 0 bridgehead atoms. The predicted octanol–water partition coefficient (Wildman–Crippen LogP) is 3.46. The lowest BCUT2D eigenvalue weighted by molar-refractivity contribution is 0.102. The van der Waals surface area contributed by atoms with Crippen LogP contribution in [0.5, 0.6) is 0 Å². The fraction of sp³-hybridized carbons (Fsp3) is 0.267. The van der Waals surface area contributed by atoms with Gasteiger partial charge in [-0.25, -0.2) is 0 Å². The van der Waals surface area contributed by atoms with Gasteiger partial charge in [0.1, 0.15) is 0 Å². The van der Waals surface area contributed by atoms with Crippen molar-refractivity contribution < 1.29 is 4.79 Å². The Morgan fingerprint density at radius 1 is 1.21 bits per heavy atom. The Balaban J connectivity index is 1.85. The second kappa shape index (κ2) is 5.05. The van der Waals surface area contributed by atoms with Crippen LogP contribution in [0.1, 0.15) is 33.6 Å². The minimum Gasteiger partial charge on any atom is -0.397 e. The second-order valence-electron chi connectivity index (χ2n) is 4.80. The Kier molecular flexibility index (Phi) is 3.25. The van der Waals surface area contributed by atoms with Gasteiger partial charge in [-0.1, -0.05) is 12.1 Å².